The topological polar surface area (TPSA) is 50.8 Å². The normalized spacial score (nSPS) is 16.7. The molecule has 7 heteroatoms. The van der Waals surface area contributed by atoms with Gasteiger partial charge in [-0.1, -0.05) is 23.7 Å². The van der Waals surface area contributed by atoms with Crippen molar-refractivity contribution >= 4 is 35.3 Å². The molecular weight excluding hydrogens is 372 g/mol. The molecule has 1 saturated heterocycles. The second-order valence-corrected chi connectivity index (χ2v) is 7.67. The van der Waals surface area contributed by atoms with E-state index in [9.17, 15) is 4.79 Å². The number of carbonyl (C=O) groups excluding carboxylic acids is 1. The van der Waals surface area contributed by atoms with E-state index in [0.29, 0.717) is 16.8 Å². The van der Waals surface area contributed by atoms with Gasteiger partial charge in [0.25, 0.3) is 0 Å². The van der Waals surface area contributed by atoms with Gasteiger partial charge in [0.05, 0.1) is 6.61 Å². The fourth-order valence-electron chi connectivity index (χ4n) is 2.53. The molecule has 138 valence electrons. The van der Waals surface area contributed by atoms with Gasteiger partial charge in [-0.2, -0.15) is 0 Å². The minimum atomic E-state index is -0.486. The first-order valence-electron chi connectivity index (χ1n) is 8.37. The summed E-state index contributed by atoms with van der Waals surface area (Å²) < 4.78 is 12.8. The molecule has 1 unspecified atom stereocenters. The van der Waals surface area contributed by atoms with Crippen LogP contribution in [0.15, 0.2) is 53.4 Å². The molecule has 3 rings (SSSR count). The van der Waals surface area contributed by atoms with Crippen LogP contribution < -0.4 is 5.32 Å². The van der Waals surface area contributed by atoms with Gasteiger partial charge < -0.3 is 9.47 Å². The predicted molar refractivity (Wildman–Crippen MR) is 105 cm³/mol. The number of likely N-dealkylation sites (N-methyl/N-ethyl adjacent to an activating group) is 1. The van der Waals surface area contributed by atoms with Crippen molar-refractivity contribution in [2.45, 2.75) is 24.0 Å². The van der Waals surface area contributed by atoms with Crippen molar-refractivity contribution in [3.8, 4) is 0 Å². The number of anilines is 1. The van der Waals surface area contributed by atoms with Crippen molar-refractivity contribution in [3.63, 3.8) is 0 Å². The summed E-state index contributed by atoms with van der Waals surface area (Å²) in [5.41, 5.74) is 1.58. The second-order valence-electron chi connectivity index (χ2n) is 6.01. The van der Waals surface area contributed by atoms with Crippen molar-refractivity contribution in [1.82, 2.24) is 4.31 Å². The van der Waals surface area contributed by atoms with Gasteiger partial charge in [0.1, 0.15) is 6.61 Å². The molecule has 5 nitrogen and oxygen atoms in total. The average Bonchev–Trinajstić information content (AvgIpc) is 3.18. The van der Waals surface area contributed by atoms with Gasteiger partial charge >= 0.3 is 6.09 Å². The van der Waals surface area contributed by atoms with Crippen LogP contribution in [0.1, 0.15) is 12.0 Å². The van der Waals surface area contributed by atoms with E-state index in [4.69, 9.17) is 21.1 Å². The van der Waals surface area contributed by atoms with Crippen molar-refractivity contribution < 1.29 is 14.3 Å². The Morgan fingerprint density at radius 3 is 2.65 bits per heavy atom. The maximum Gasteiger partial charge on any atom is 0.411 e. The molecule has 0 bridgehead atoms. The van der Waals surface area contributed by atoms with Gasteiger partial charge in [-0.3, -0.25) is 5.32 Å². The molecular formula is C19H21ClN2O3S. The van der Waals surface area contributed by atoms with Crippen LogP contribution >= 0.6 is 23.5 Å². The molecule has 1 amide bonds. The molecule has 1 heterocycles. The van der Waals surface area contributed by atoms with Crippen LogP contribution in [-0.2, 0) is 16.1 Å². The highest BCUT2D eigenvalue weighted by atomic mass is 35.5. The van der Waals surface area contributed by atoms with E-state index in [1.165, 1.54) is 0 Å². The zero-order valence-electron chi connectivity index (χ0n) is 14.5. The molecule has 2 aromatic carbocycles. The summed E-state index contributed by atoms with van der Waals surface area (Å²) in [6.45, 7) is 1.81. The van der Waals surface area contributed by atoms with E-state index in [-0.39, 0.29) is 6.61 Å². The van der Waals surface area contributed by atoms with Crippen LogP contribution in [0.5, 0.6) is 0 Å². The molecule has 26 heavy (non-hydrogen) atoms. The van der Waals surface area contributed by atoms with Crippen LogP contribution in [0.4, 0.5) is 10.5 Å². The van der Waals surface area contributed by atoms with Crippen LogP contribution in [0.2, 0.25) is 5.02 Å². The summed E-state index contributed by atoms with van der Waals surface area (Å²) >= 11 is 7.51. The summed E-state index contributed by atoms with van der Waals surface area (Å²) in [6, 6.07) is 15.3. The van der Waals surface area contributed by atoms with Gasteiger partial charge in [-0.05, 0) is 67.4 Å². The van der Waals surface area contributed by atoms with Crippen LogP contribution in [-0.4, -0.2) is 36.7 Å². The van der Waals surface area contributed by atoms with Crippen molar-refractivity contribution in [1.29, 1.82) is 0 Å². The Bertz CT molecular complexity index is 719. The number of nitrogens with zero attached hydrogens (tertiary/aromatic N) is 1. The standard InChI is InChI=1S/C19H21ClN2O3S/c1-22(17-10-11-24-13-17)26-18-8-6-16(7-9-18)21-19(23)25-12-14-2-4-15(20)5-3-14/h2-9,17H,10-13H2,1H3,(H,21,23). The van der Waals surface area contributed by atoms with Gasteiger partial charge in [0, 0.05) is 28.3 Å². The highest BCUT2D eigenvalue weighted by molar-refractivity contribution is 7.97. The smallest absolute Gasteiger partial charge is 0.411 e. The molecule has 1 fully saturated rings. The first-order valence-corrected chi connectivity index (χ1v) is 9.52. The lowest BCUT2D eigenvalue weighted by atomic mass is 10.2. The fourth-order valence-corrected chi connectivity index (χ4v) is 3.56. The highest BCUT2D eigenvalue weighted by Crippen LogP contribution is 2.27. The summed E-state index contributed by atoms with van der Waals surface area (Å²) in [5.74, 6) is 0. The maximum atomic E-state index is 11.9. The number of halogens is 1. The maximum absolute atomic E-state index is 11.9. The van der Waals surface area contributed by atoms with Crippen LogP contribution in [0, 0.1) is 0 Å². The van der Waals surface area contributed by atoms with Gasteiger partial charge in [-0.25, -0.2) is 9.10 Å². The third kappa shape index (κ3) is 5.64. The van der Waals surface area contributed by atoms with Gasteiger partial charge in [0.15, 0.2) is 0 Å². The molecule has 0 aliphatic carbocycles. The Labute approximate surface area is 162 Å². The molecule has 1 N–H and O–H groups in total. The average molecular weight is 393 g/mol. The Morgan fingerprint density at radius 2 is 2.00 bits per heavy atom. The minimum absolute atomic E-state index is 0.200. The number of ether oxygens (including phenoxy) is 2. The number of carbonyl (C=O) groups is 1. The number of benzene rings is 2. The zero-order chi connectivity index (χ0) is 18.4. The molecule has 0 radical (unpaired) electrons. The number of rotatable bonds is 6. The summed E-state index contributed by atoms with van der Waals surface area (Å²) in [4.78, 5) is 13.0. The molecule has 1 aliphatic heterocycles. The Hall–Kier alpha value is -1.73. The van der Waals surface area contributed by atoms with Crippen molar-refractivity contribution in [2.75, 3.05) is 25.6 Å². The largest absolute Gasteiger partial charge is 0.444 e. The molecule has 2 aromatic rings. The summed E-state index contributed by atoms with van der Waals surface area (Å²) in [6.07, 6.45) is 0.573. The fraction of sp³-hybridized carbons (Fsp3) is 0.316. The summed E-state index contributed by atoms with van der Waals surface area (Å²) in [5, 5.41) is 3.38. The number of amides is 1. The van der Waals surface area contributed by atoms with E-state index in [1.54, 1.807) is 24.1 Å². The lowest BCUT2D eigenvalue weighted by Crippen LogP contribution is -2.25. The third-order valence-corrected chi connectivity index (χ3v) is 5.37. The third-order valence-electron chi connectivity index (χ3n) is 4.05. The van der Waals surface area contributed by atoms with E-state index in [1.807, 2.05) is 36.4 Å². The first kappa shape index (κ1) is 19.0. The van der Waals surface area contributed by atoms with E-state index >= 15 is 0 Å². The Morgan fingerprint density at radius 1 is 1.27 bits per heavy atom. The molecule has 0 aromatic heterocycles. The Balaban J connectivity index is 1.45. The monoisotopic (exact) mass is 392 g/mol. The number of hydrogen-bond donors (Lipinski definition) is 1. The quantitative estimate of drug-likeness (QED) is 0.714. The lowest BCUT2D eigenvalue weighted by Gasteiger charge is -2.21. The predicted octanol–water partition coefficient (Wildman–Crippen LogP) is 4.82. The van der Waals surface area contributed by atoms with Gasteiger partial charge in [-0.15, -0.1) is 0 Å². The van der Waals surface area contributed by atoms with Gasteiger partial charge in [0.2, 0.25) is 0 Å². The molecule has 1 aliphatic rings. The Kier molecular flexibility index (Phi) is 6.80. The SMILES string of the molecule is CN(Sc1ccc(NC(=O)OCc2ccc(Cl)cc2)cc1)C1CCOC1. The van der Waals surface area contributed by atoms with Crippen molar-refractivity contribution in [2.24, 2.45) is 0 Å². The van der Waals surface area contributed by atoms with E-state index in [2.05, 4.69) is 16.7 Å². The van der Waals surface area contributed by atoms with Crippen LogP contribution in [0.25, 0.3) is 0 Å². The summed E-state index contributed by atoms with van der Waals surface area (Å²) in [7, 11) is 2.07. The zero-order valence-corrected chi connectivity index (χ0v) is 16.1. The van der Waals surface area contributed by atoms with E-state index in [0.717, 1.165) is 30.1 Å². The molecule has 0 spiro atoms. The van der Waals surface area contributed by atoms with E-state index < -0.39 is 6.09 Å². The molecule has 1 atom stereocenters. The van der Waals surface area contributed by atoms with Crippen LogP contribution in [0.3, 0.4) is 0 Å². The number of hydrogen-bond acceptors (Lipinski definition) is 5. The second kappa shape index (κ2) is 9.28. The number of nitrogens with one attached hydrogen (secondary N) is 1. The minimum Gasteiger partial charge on any atom is -0.444 e. The first-order chi connectivity index (χ1) is 12.6. The lowest BCUT2D eigenvalue weighted by molar-refractivity contribution is 0.155. The van der Waals surface area contributed by atoms with Crippen molar-refractivity contribution in [3.05, 3.63) is 59.1 Å². The highest BCUT2D eigenvalue weighted by Gasteiger charge is 2.20. The molecule has 0 saturated carbocycles.